The molecule has 0 aromatic rings. The second-order valence-corrected chi connectivity index (χ2v) is 6.72. The Hall–Kier alpha value is -0.370. The Morgan fingerprint density at radius 3 is 2.44 bits per heavy atom. The molecule has 1 rings (SSSR count). The van der Waals surface area contributed by atoms with Gasteiger partial charge in [0.1, 0.15) is 0 Å². The van der Waals surface area contributed by atoms with Crippen LogP contribution in [-0.4, -0.2) is 5.54 Å². The first kappa shape index (κ1) is 13.7. The number of thioether (sulfide) groups is 1. The van der Waals surface area contributed by atoms with Crippen molar-refractivity contribution in [1.82, 2.24) is 5.32 Å². The molecule has 1 heterocycles. The molecule has 1 unspecified atom stereocenters. The van der Waals surface area contributed by atoms with Crippen LogP contribution in [0.25, 0.3) is 0 Å². The number of hydrogen-bond donors (Lipinski definition) is 1. The Labute approximate surface area is 105 Å². The Morgan fingerprint density at radius 1 is 1.38 bits per heavy atom. The van der Waals surface area contributed by atoms with Crippen LogP contribution in [0.5, 0.6) is 0 Å². The van der Waals surface area contributed by atoms with Gasteiger partial charge in [0.15, 0.2) is 0 Å². The van der Waals surface area contributed by atoms with Crippen molar-refractivity contribution in [2.24, 2.45) is 11.8 Å². The summed E-state index contributed by atoms with van der Waals surface area (Å²) in [6, 6.07) is 0. The Balaban J connectivity index is 2.74. The summed E-state index contributed by atoms with van der Waals surface area (Å²) >= 11 is 1.83. The second kappa shape index (κ2) is 5.31. The molecule has 1 aliphatic heterocycles. The minimum Gasteiger partial charge on any atom is -0.375 e. The van der Waals surface area contributed by atoms with Gasteiger partial charge >= 0.3 is 0 Å². The lowest BCUT2D eigenvalue weighted by atomic mass is 9.89. The summed E-state index contributed by atoms with van der Waals surface area (Å²) in [4.78, 5) is 0. The van der Waals surface area contributed by atoms with Crippen molar-refractivity contribution < 1.29 is 0 Å². The molecule has 0 aromatic carbocycles. The van der Waals surface area contributed by atoms with Crippen LogP contribution in [0.1, 0.15) is 48.0 Å². The van der Waals surface area contributed by atoms with Crippen LogP contribution >= 0.6 is 11.8 Å². The predicted octanol–water partition coefficient (Wildman–Crippen LogP) is 4.53. The summed E-state index contributed by atoms with van der Waals surface area (Å²) in [5.74, 6) is 1.27. The van der Waals surface area contributed by atoms with E-state index in [0.717, 1.165) is 0 Å². The van der Waals surface area contributed by atoms with Crippen LogP contribution in [0.2, 0.25) is 0 Å². The maximum atomic E-state index is 3.56. The average molecular weight is 239 g/mol. The number of nitrogens with one attached hydrogen (secondary N) is 1. The minimum absolute atomic E-state index is 0.153. The van der Waals surface area contributed by atoms with Crippen LogP contribution in [-0.2, 0) is 0 Å². The van der Waals surface area contributed by atoms with Crippen LogP contribution in [0.4, 0.5) is 0 Å². The molecule has 1 N–H and O–H groups in total. The standard InChI is InChI=1S/C14H25NS/c1-7-11-8-13(15-14(4,5)6)16-9-12(11)10(2)3/h8-11,15H,7H2,1-6H3. The smallest absolute Gasteiger partial charge is 0.0693 e. The van der Waals surface area contributed by atoms with Crippen LogP contribution in [0, 0.1) is 11.8 Å². The number of rotatable bonds is 3. The van der Waals surface area contributed by atoms with Gasteiger partial charge in [-0.25, -0.2) is 0 Å². The first-order valence-corrected chi connectivity index (χ1v) is 7.08. The highest BCUT2D eigenvalue weighted by Gasteiger charge is 2.20. The third-order valence-corrected chi connectivity index (χ3v) is 3.59. The molecule has 2 heteroatoms. The summed E-state index contributed by atoms with van der Waals surface area (Å²) in [6.07, 6.45) is 3.59. The van der Waals surface area contributed by atoms with Gasteiger partial charge in [-0.2, -0.15) is 0 Å². The minimum atomic E-state index is 0.153. The highest BCUT2D eigenvalue weighted by Crippen LogP contribution is 2.35. The van der Waals surface area contributed by atoms with Crippen molar-refractivity contribution in [3.8, 4) is 0 Å². The van der Waals surface area contributed by atoms with E-state index in [9.17, 15) is 0 Å². The molecular weight excluding hydrogens is 214 g/mol. The highest BCUT2D eigenvalue weighted by molar-refractivity contribution is 8.05. The first-order chi connectivity index (χ1) is 7.33. The zero-order chi connectivity index (χ0) is 12.3. The lowest BCUT2D eigenvalue weighted by Crippen LogP contribution is -2.34. The van der Waals surface area contributed by atoms with E-state index in [1.54, 1.807) is 5.57 Å². The van der Waals surface area contributed by atoms with Gasteiger partial charge in [0.2, 0.25) is 0 Å². The molecule has 0 aromatic heterocycles. The first-order valence-electron chi connectivity index (χ1n) is 6.20. The molecule has 0 radical (unpaired) electrons. The van der Waals surface area contributed by atoms with E-state index >= 15 is 0 Å². The topological polar surface area (TPSA) is 12.0 Å². The number of allylic oxidation sites excluding steroid dienone is 2. The van der Waals surface area contributed by atoms with Gasteiger partial charge in [-0.3, -0.25) is 0 Å². The number of hydrogen-bond acceptors (Lipinski definition) is 2. The second-order valence-electron chi connectivity index (χ2n) is 5.81. The quantitative estimate of drug-likeness (QED) is 0.776. The summed E-state index contributed by atoms with van der Waals surface area (Å²) in [7, 11) is 0. The van der Waals surface area contributed by atoms with Crippen molar-refractivity contribution >= 4 is 11.8 Å². The molecule has 92 valence electrons. The molecule has 0 saturated heterocycles. The summed E-state index contributed by atoms with van der Waals surface area (Å²) < 4.78 is 0. The van der Waals surface area contributed by atoms with E-state index in [1.807, 2.05) is 11.8 Å². The maximum Gasteiger partial charge on any atom is 0.0693 e. The van der Waals surface area contributed by atoms with Gasteiger partial charge in [-0.15, -0.1) is 0 Å². The van der Waals surface area contributed by atoms with E-state index < -0.39 is 0 Å². The zero-order valence-electron chi connectivity index (χ0n) is 11.4. The van der Waals surface area contributed by atoms with E-state index in [4.69, 9.17) is 0 Å². The van der Waals surface area contributed by atoms with Gasteiger partial charge in [-0.1, -0.05) is 38.1 Å². The van der Waals surface area contributed by atoms with E-state index in [0.29, 0.717) is 11.8 Å². The van der Waals surface area contributed by atoms with E-state index in [-0.39, 0.29) is 5.54 Å². The molecule has 0 bridgehead atoms. The molecule has 1 nitrogen and oxygen atoms in total. The van der Waals surface area contributed by atoms with Crippen LogP contribution < -0.4 is 5.32 Å². The molecule has 0 fully saturated rings. The summed E-state index contributed by atoms with van der Waals surface area (Å²) in [6.45, 7) is 13.4. The van der Waals surface area contributed by atoms with Crippen molar-refractivity contribution in [1.29, 1.82) is 0 Å². The van der Waals surface area contributed by atoms with Crippen LogP contribution in [0.15, 0.2) is 22.1 Å². The summed E-state index contributed by atoms with van der Waals surface area (Å²) in [5.41, 5.74) is 1.73. The highest BCUT2D eigenvalue weighted by atomic mass is 32.2. The van der Waals surface area contributed by atoms with Gasteiger partial charge in [0, 0.05) is 11.5 Å². The fourth-order valence-electron chi connectivity index (χ4n) is 1.90. The van der Waals surface area contributed by atoms with Crippen molar-refractivity contribution in [2.75, 3.05) is 0 Å². The fraction of sp³-hybridized carbons (Fsp3) is 0.714. The third kappa shape index (κ3) is 3.89. The predicted molar refractivity (Wildman–Crippen MR) is 75.3 cm³/mol. The lowest BCUT2D eigenvalue weighted by Gasteiger charge is -2.29. The zero-order valence-corrected chi connectivity index (χ0v) is 12.2. The third-order valence-electron chi connectivity index (χ3n) is 2.71. The Morgan fingerprint density at radius 2 is 2.00 bits per heavy atom. The van der Waals surface area contributed by atoms with E-state index in [2.05, 4.69) is 58.3 Å². The largest absolute Gasteiger partial charge is 0.375 e. The lowest BCUT2D eigenvalue weighted by molar-refractivity contribution is 0.482. The maximum absolute atomic E-state index is 3.56. The molecule has 1 atom stereocenters. The average Bonchev–Trinajstić information content (AvgIpc) is 2.14. The Bertz CT molecular complexity index is 294. The molecular formula is C14H25NS. The monoisotopic (exact) mass is 239 g/mol. The SMILES string of the molecule is CCC1C=C(NC(C)(C)C)SC=C1C(C)C. The molecule has 1 aliphatic rings. The van der Waals surface area contributed by atoms with Crippen LogP contribution in [0.3, 0.4) is 0 Å². The van der Waals surface area contributed by atoms with Gasteiger partial charge in [0.25, 0.3) is 0 Å². The van der Waals surface area contributed by atoms with Crippen molar-refractivity contribution in [3.05, 3.63) is 22.1 Å². The molecule has 0 aliphatic carbocycles. The molecule has 0 saturated carbocycles. The van der Waals surface area contributed by atoms with Gasteiger partial charge in [-0.05, 0) is 44.6 Å². The molecule has 16 heavy (non-hydrogen) atoms. The fourth-order valence-corrected chi connectivity index (χ4v) is 3.21. The van der Waals surface area contributed by atoms with Crippen molar-refractivity contribution in [3.63, 3.8) is 0 Å². The normalized spacial score (nSPS) is 21.8. The molecule has 0 spiro atoms. The van der Waals surface area contributed by atoms with Gasteiger partial charge in [0.05, 0.1) is 5.03 Å². The van der Waals surface area contributed by atoms with Gasteiger partial charge < -0.3 is 5.32 Å². The molecule has 0 amide bonds. The van der Waals surface area contributed by atoms with Crippen molar-refractivity contribution in [2.45, 2.75) is 53.5 Å². The summed E-state index contributed by atoms with van der Waals surface area (Å²) in [5, 5.41) is 7.21. The van der Waals surface area contributed by atoms with E-state index in [1.165, 1.54) is 11.4 Å². The Kier molecular flexibility index (Phi) is 4.54.